The zero-order valence-electron chi connectivity index (χ0n) is 11.1. The van der Waals surface area contributed by atoms with Gasteiger partial charge < -0.3 is 0 Å². The van der Waals surface area contributed by atoms with Crippen molar-refractivity contribution in [3.63, 3.8) is 0 Å². The van der Waals surface area contributed by atoms with E-state index in [-0.39, 0.29) is 0 Å². The molecule has 0 aromatic heterocycles. The van der Waals surface area contributed by atoms with Gasteiger partial charge in [0.25, 0.3) is 0 Å². The maximum absolute atomic E-state index is 2.57. The highest BCUT2D eigenvalue weighted by Gasteiger charge is 2.48. The van der Waals surface area contributed by atoms with E-state index in [0.29, 0.717) is 5.41 Å². The Hall–Kier alpha value is -1.56. The molecule has 2 bridgehead atoms. The molecule has 0 nitrogen and oxygen atoms in total. The van der Waals surface area contributed by atoms with Crippen molar-refractivity contribution in [1.82, 2.24) is 0 Å². The molecule has 0 N–H and O–H groups in total. The Balaban J connectivity index is 1.74. The average molecular weight is 246 g/mol. The fourth-order valence-electron chi connectivity index (χ4n) is 4.98. The van der Waals surface area contributed by atoms with Crippen LogP contribution >= 0.6 is 0 Å². The van der Waals surface area contributed by atoms with Crippen LogP contribution in [0.5, 0.6) is 0 Å². The fourth-order valence-corrected chi connectivity index (χ4v) is 4.98. The summed E-state index contributed by atoms with van der Waals surface area (Å²) < 4.78 is 0. The monoisotopic (exact) mass is 246 g/mol. The zero-order valence-corrected chi connectivity index (χ0v) is 11.1. The van der Waals surface area contributed by atoms with Crippen LogP contribution in [0.4, 0.5) is 0 Å². The highest BCUT2D eigenvalue weighted by atomic mass is 14.5. The van der Waals surface area contributed by atoms with E-state index in [0.717, 1.165) is 11.8 Å². The van der Waals surface area contributed by atoms with Gasteiger partial charge in [0.15, 0.2) is 0 Å². The van der Waals surface area contributed by atoms with Crippen LogP contribution in [0.2, 0.25) is 0 Å². The van der Waals surface area contributed by atoms with Crippen molar-refractivity contribution in [2.45, 2.75) is 31.6 Å². The Bertz CT molecular complexity index is 704. The van der Waals surface area contributed by atoms with E-state index >= 15 is 0 Å². The predicted octanol–water partition coefficient (Wildman–Crippen LogP) is 4.84. The third-order valence-corrected chi connectivity index (χ3v) is 5.84. The third kappa shape index (κ3) is 1.20. The minimum absolute atomic E-state index is 0.484. The number of fused-ring (bicyclic) bond motifs is 2. The molecule has 0 radical (unpaired) electrons. The molecule has 2 aromatic rings. The van der Waals surface area contributed by atoms with Gasteiger partial charge >= 0.3 is 0 Å². The summed E-state index contributed by atoms with van der Waals surface area (Å²) in [7, 11) is 0. The summed E-state index contributed by atoms with van der Waals surface area (Å²) in [4.78, 5) is 0. The Kier molecular flexibility index (Phi) is 1.78. The van der Waals surface area contributed by atoms with Crippen molar-refractivity contribution in [3.8, 4) is 0 Å². The van der Waals surface area contributed by atoms with Gasteiger partial charge in [-0.15, -0.1) is 0 Å². The molecular weight excluding hydrogens is 228 g/mol. The molecule has 1 saturated carbocycles. The second kappa shape index (κ2) is 3.30. The van der Waals surface area contributed by atoms with Gasteiger partial charge in [0, 0.05) is 0 Å². The SMILES string of the molecule is C1=CC2(C3Cc4cccc5cccc3c45)CCC1C2. The van der Waals surface area contributed by atoms with Crippen LogP contribution in [0.1, 0.15) is 36.3 Å². The molecule has 3 aliphatic carbocycles. The Morgan fingerprint density at radius 2 is 1.95 bits per heavy atom. The van der Waals surface area contributed by atoms with E-state index in [2.05, 4.69) is 48.6 Å². The highest BCUT2D eigenvalue weighted by Crippen LogP contribution is 2.60. The van der Waals surface area contributed by atoms with Crippen molar-refractivity contribution in [1.29, 1.82) is 0 Å². The summed E-state index contributed by atoms with van der Waals surface area (Å²) in [5, 5.41) is 3.00. The minimum atomic E-state index is 0.484. The summed E-state index contributed by atoms with van der Waals surface area (Å²) in [6.45, 7) is 0. The maximum atomic E-state index is 2.57. The van der Waals surface area contributed by atoms with Gasteiger partial charge in [0.2, 0.25) is 0 Å². The molecule has 0 aliphatic heterocycles. The lowest BCUT2D eigenvalue weighted by atomic mass is 9.72. The Morgan fingerprint density at radius 3 is 2.68 bits per heavy atom. The van der Waals surface area contributed by atoms with Gasteiger partial charge in [0.1, 0.15) is 0 Å². The molecule has 0 heteroatoms. The number of benzene rings is 2. The first kappa shape index (κ1) is 10.3. The Labute approximate surface area is 114 Å². The highest BCUT2D eigenvalue weighted by molar-refractivity contribution is 5.91. The van der Waals surface area contributed by atoms with Gasteiger partial charge in [-0.25, -0.2) is 0 Å². The lowest BCUT2D eigenvalue weighted by Gasteiger charge is -2.32. The molecule has 3 aliphatic rings. The Morgan fingerprint density at radius 1 is 1.05 bits per heavy atom. The third-order valence-electron chi connectivity index (χ3n) is 5.84. The number of allylic oxidation sites excluding steroid dienone is 2. The lowest BCUT2D eigenvalue weighted by molar-refractivity contribution is 0.320. The molecule has 0 heterocycles. The molecule has 0 saturated heterocycles. The molecule has 19 heavy (non-hydrogen) atoms. The van der Waals surface area contributed by atoms with Crippen molar-refractivity contribution in [3.05, 3.63) is 59.7 Å². The van der Waals surface area contributed by atoms with E-state index < -0.39 is 0 Å². The second-order valence-electron chi connectivity index (χ2n) is 6.71. The first-order valence-corrected chi connectivity index (χ1v) is 7.56. The normalized spacial score (nSPS) is 34.5. The molecule has 0 amide bonds. The van der Waals surface area contributed by atoms with E-state index in [4.69, 9.17) is 0 Å². The molecule has 94 valence electrons. The largest absolute Gasteiger partial charge is 0.0848 e. The first-order chi connectivity index (χ1) is 9.36. The van der Waals surface area contributed by atoms with Crippen molar-refractivity contribution in [2.75, 3.05) is 0 Å². The van der Waals surface area contributed by atoms with Crippen molar-refractivity contribution >= 4 is 10.8 Å². The molecule has 2 aromatic carbocycles. The summed E-state index contributed by atoms with van der Waals surface area (Å²) in [6, 6.07) is 13.7. The van der Waals surface area contributed by atoms with Crippen LogP contribution in [-0.2, 0) is 6.42 Å². The average Bonchev–Trinajstić information content (AvgIpc) is 3.13. The summed E-state index contributed by atoms with van der Waals surface area (Å²) in [5.74, 6) is 1.61. The molecule has 5 rings (SSSR count). The summed E-state index contributed by atoms with van der Waals surface area (Å²) in [5.41, 5.74) is 3.69. The molecule has 3 unspecified atom stereocenters. The summed E-state index contributed by atoms with van der Waals surface area (Å²) in [6.07, 6.45) is 10.5. The molecule has 0 spiro atoms. The number of hydrogen-bond acceptors (Lipinski definition) is 0. The zero-order chi connectivity index (χ0) is 12.4. The van der Waals surface area contributed by atoms with E-state index in [1.807, 2.05) is 0 Å². The predicted molar refractivity (Wildman–Crippen MR) is 79.3 cm³/mol. The maximum Gasteiger partial charge on any atom is -0.00236 e. The fraction of sp³-hybridized carbons (Fsp3) is 0.368. The smallest absolute Gasteiger partial charge is 0.00236 e. The van der Waals surface area contributed by atoms with Crippen LogP contribution in [0.15, 0.2) is 48.6 Å². The van der Waals surface area contributed by atoms with Gasteiger partial charge in [-0.3, -0.25) is 0 Å². The number of rotatable bonds is 1. The van der Waals surface area contributed by atoms with E-state index in [9.17, 15) is 0 Å². The van der Waals surface area contributed by atoms with Gasteiger partial charge in [0.05, 0.1) is 0 Å². The van der Waals surface area contributed by atoms with E-state index in [1.54, 1.807) is 16.5 Å². The quantitative estimate of drug-likeness (QED) is 0.632. The van der Waals surface area contributed by atoms with Gasteiger partial charge in [-0.2, -0.15) is 0 Å². The van der Waals surface area contributed by atoms with Gasteiger partial charge in [-0.05, 0) is 64.8 Å². The van der Waals surface area contributed by atoms with Crippen LogP contribution in [-0.4, -0.2) is 0 Å². The van der Waals surface area contributed by atoms with Crippen molar-refractivity contribution in [2.24, 2.45) is 11.3 Å². The molecule has 3 atom stereocenters. The topological polar surface area (TPSA) is 0 Å². The van der Waals surface area contributed by atoms with Crippen molar-refractivity contribution < 1.29 is 0 Å². The van der Waals surface area contributed by atoms with Crippen LogP contribution < -0.4 is 0 Å². The standard InChI is InChI=1S/C19H18/c1-3-14-4-2-6-16-17(11-15(5-1)18(14)16)19-9-7-13(12-19)8-10-19/h1-7,9,13,17H,8,10-12H2. The summed E-state index contributed by atoms with van der Waals surface area (Å²) >= 11 is 0. The lowest BCUT2D eigenvalue weighted by Crippen LogP contribution is -2.22. The van der Waals surface area contributed by atoms with Gasteiger partial charge in [-0.1, -0.05) is 48.6 Å². The first-order valence-electron chi connectivity index (χ1n) is 7.56. The minimum Gasteiger partial charge on any atom is -0.0848 e. The van der Waals surface area contributed by atoms with E-state index in [1.165, 1.54) is 31.1 Å². The second-order valence-corrected chi connectivity index (χ2v) is 6.71. The molecular formula is C19H18. The molecule has 1 fully saturated rings. The van der Waals surface area contributed by atoms with Crippen LogP contribution in [0.3, 0.4) is 0 Å². The van der Waals surface area contributed by atoms with Crippen LogP contribution in [0.25, 0.3) is 10.8 Å². The number of hydrogen-bond donors (Lipinski definition) is 0. The van der Waals surface area contributed by atoms with Crippen LogP contribution in [0, 0.1) is 11.3 Å².